The van der Waals surface area contributed by atoms with Crippen molar-refractivity contribution in [1.29, 1.82) is 0 Å². The molecule has 2 atom stereocenters. The molecule has 11 nitrogen and oxygen atoms in total. The maximum Gasteiger partial charge on any atom is 0.264 e. The van der Waals surface area contributed by atoms with E-state index in [0.717, 1.165) is 48.6 Å². The van der Waals surface area contributed by atoms with E-state index in [2.05, 4.69) is 32.7 Å². The zero-order valence-corrected chi connectivity index (χ0v) is 27.8. The fourth-order valence-electron chi connectivity index (χ4n) is 7.55. The number of benzene rings is 3. The highest BCUT2D eigenvalue weighted by Crippen LogP contribution is 2.46. The van der Waals surface area contributed by atoms with E-state index in [4.69, 9.17) is 5.11 Å². The molecule has 3 aliphatic heterocycles. The minimum atomic E-state index is -1.73. The second-order valence-corrected chi connectivity index (χ2v) is 13.2. The molecule has 3 aromatic carbocycles. The van der Waals surface area contributed by atoms with Crippen molar-refractivity contribution in [3.63, 3.8) is 0 Å². The van der Waals surface area contributed by atoms with Gasteiger partial charge in [0, 0.05) is 48.6 Å². The minimum Gasteiger partial charge on any atom is -0.396 e. The summed E-state index contributed by atoms with van der Waals surface area (Å²) in [6.07, 6.45) is 8.22. The molecule has 4 aromatic rings. The van der Waals surface area contributed by atoms with Crippen molar-refractivity contribution in [1.82, 2.24) is 20.3 Å². The standard InChI is InChI=1S/C38H43N7O4/c1-28(10-7-8-22-42-26-30(17-23-46)40-41-42)38(49)33-15-5-6-16-34(33)43(36(38)48)25-29-11-9-14-32(24-29)44-27-45(31-12-3-2-4-13-31)37(35(44)47)18-20-39-21-19-37/h2-7,9-16,24,26,28,39,46,49H,8,17-23,25,27H2,1H3/b10-7+/t28-,38+/m1/s1. The van der Waals surface area contributed by atoms with E-state index in [-0.39, 0.29) is 25.0 Å². The van der Waals surface area contributed by atoms with Gasteiger partial charge in [0.25, 0.3) is 11.8 Å². The Bertz CT molecular complexity index is 1840. The second-order valence-electron chi connectivity index (χ2n) is 13.2. The smallest absolute Gasteiger partial charge is 0.264 e. The van der Waals surface area contributed by atoms with Gasteiger partial charge in [0.15, 0.2) is 5.60 Å². The van der Waals surface area contributed by atoms with Crippen LogP contribution in [0, 0.1) is 5.92 Å². The number of hydrogen-bond donors (Lipinski definition) is 3. The quantitative estimate of drug-likeness (QED) is 0.208. The van der Waals surface area contributed by atoms with Crippen LogP contribution in [0.5, 0.6) is 0 Å². The number of piperidine rings is 1. The number of nitrogens with zero attached hydrogens (tertiary/aromatic N) is 6. The molecular weight excluding hydrogens is 618 g/mol. The number of hydrogen-bond acceptors (Lipinski definition) is 8. The first-order valence-electron chi connectivity index (χ1n) is 17.1. The normalized spacial score (nSPS) is 20.9. The van der Waals surface area contributed by atoms with Gasteiger partial charge in [-0.05, 0) is 68.2 Å². The molecule has 4 heterocycles. The molecule has 49 heavy (non-hydrogen) atoms. The number of rotatable bonds is 11. The van der Waals surface area contributed by atoms with Crippen LogP contribution in [0.15, 0.2) is 97.2 Å². The van der Waals surface area contributed by atoms with Gasteiger partial charge in [0.2, 0.25) is 0 Å². The van der Waals surface area contributed by atoms with E-state index < -0.39 is 17.1 Å². The van der Waals surface area contributed by atoms with Gasteiger partial charge in [-0.15, -0.1) is 5.10 Å². The van der Waals surface area contributed by atoms with Crippen molar-refractivity contribution >= 4 is 28.9 Å². The third-order valence-electron chi connectivity index (χ3n) is 10.2. The third-order valence-corrected chi connectivity index (χ3v) is 10.2. The molecule has 11 heteroatoms. The van der Waals surface area contributed by atoms with Crippen LogP contribution < -0.4 is 20.0 Å². The Labute approximate surface area is 286 Å². The number of amides is 2. The summed E-state index contributed by atoms with van der Waals surface area (Å²) in [5, 5.41) is 32.8. The highest BCUT2D eigenvalue weighted by atomic mass is 16.3. The molecular formula is C38H43N7O4. The van der Waals surface area contributed by atoms with Crippen molar-refractivity contribution in [2.45, 2.75) is 56.8 Å². The van der Waals surface area contributed by atoms with Gasteiger partial charge >= 0.3 is 0 Å². The molecule has 0 aliphatic carbocycles. The van der Waals surface area contributed by atoms with Crippen LogP contribution in [0.1, 0.15) is 43.0 Å². The molecule has 0 saturated carbocycles. The summed E-state index contributed by atoms with van der Waals surface area (Å²) in [6.45, 7) is 4.74. The molecule has 2 saturated heterocycles. The molecule has 2 amide bonds. The van der Waals surface area contributed by atoms with Crippen molar-refractivity contribution in [2.75, 3.05) is 41.1 Å². The summed E-state index contributed by atoms with van der Waals surface area (Å²) in [5.74, 6) is -0.769. The van der Waals surface area contributed by atoms with Gasteiger partial charge in [-0.2, -0.15) is 0 Å². The molecule has 254 valence electrons. The summed E-state index contributed by atoms with van der Waals surface area (Å²) in [5.41, 5.74) is 2.36. The minimum absolute atomic E-state index is 0.0248. The Kier molecular flexibility index (Phi) is 9.06. The Balaban J connectivity index is 1.10. The van der Waals surface area contributed by atoms with Gasteiger partial charge in [-0.25, -0.2) is 0 Å². The lowest BCUT2D eigenvalue weighted by atomic mass is 9.83. The predicted octanol–water partition coefficient (Wildman–Crippen LogP) is 3.76. The van der Waals surface area contributed by atoms with E-state index in [1.54, 1.807) is 9.58 Å². The Hall–Kier alpha value is -4.84. The molecule has 1 spiro atoms. The molecule has 0 unspecified atom stereocenters. The third kappa shape index (κ3) is 5.92. The highest BCUT2D eigenvalue weighted by molar-refractivity contribution is 6.08. The zero-order valence-electron chi connectivity index (χ0n) is 27.8. The SMILES string of the molecule is C[C@H](/C=C/CCn1cc(CCO)nn1)[C@@]1(O)C(=O)N(Cc2cccc(N3CN(c4ccccc4)C4(CCNCC4)C3=O)c2)c2ccccc21. The first-order valence-corrected chi connectivity index (χ1v) is 17.1. The molecule has 7 rings (SSSR count). The Morgan fingerprint density at radius 3 is 2.51 bits per heavy atom. The maximum absolute atomic E-state index is 14.2. The number of nitrogens with one attached hydrogen (secondary N) is 1. The maximum atomic E-state index is 14.2. The Morgan fingerprint density at radius 1 is 0.959 bits per heavy atom. The van der Waals surface area contributed by atoms with Crippen LogP contribution in [-0.2, 0) is 34.7 Å². The monoisotopic (exact) mass is 661 g/mol. The van der Waals surface area contributed by atoms with Crippen LogP contribution in [0.3, 0.4) is 0 Å². The number of carbonyl (C=O) groups is 2. The van der Waals surface area contributed by atoms with E-state index in [0.29, 0.717) is 37.3 Å². The molecule has 3 N–H and O–H groups in total. The van der Waals surface area contributed by atoms with E-state index in [9.17, 15) is 14.7 Å². The number of aliphatic hydroxyl groups excluding tert-OH is 1. The lowest BCUT2D eigenvalue weighted by Gasteiger charge is -2.39. The van der Waals surface area contributed by atoms with Crippen LogP contribution in [0.4, 0.5) is 17.1 Å². The van der Waals surface area contributed by atoms with Crippen LogP contribution >= 0.6 is 0 Å². The summed E-state index contributed by atoms with van der Waals surface area (Å²) in [6, 6.07) is 25.4. The van der Waals surface area contributed by atoms with Crippen molar-refractivity contribution in [3.8, 4) is 0 Å². The van der Waals surface area contributed by atoms with Crippen molar-refractivity contribution < 1.29 is 19.8 Å². The van der Waals surface area contributed by atoms with Crippen LogP contribution in [0.25, 0.3) is 0 Å². The van der Waals surface area contributed by atoms with E-state index in [1.807, 2.05) is 96.9 Å². The lowest BCUT2D eigenvalue weighted by Crippen LogP contribution is -2.55. The van der Waals surface area contributed by atoms with Gasteiger partial charge in [0.1, 0.15) is 5.54 Å². The first kappa shape index (κ1) is 32.7. The molecule has 3 aliphatic rings. The Morgan fingerprint density at radius 2 is 1.71 bits per heavy atom. The molecule has 0 bridgehead atoms. The number of para-hydroxylation sites is 2. The van der Waals surface area contributed by atoms with Gasteiger partial charge in [-0.3, -0.25) is 19.2 Å². The summed E-state index contributed by atoms with van der Waals surface area (Å²) in [4.78, 5) is 34.2. The predicted molar refractivity (Wildman–Crippen MR) is 188 cm³/mol. The van der Waals surface area contributed by atoms with E-state index >= 15 is 0 Å². The summed E-state index contributed by atoms with van der Waals surface area (Å²) >= 11 is 0. The van der Waals surface area contributed by atoms with E-state index in [1.165, 1.54) is 0 Å². The number of allylic oxidation sites excluding steroid dienone is 1. The number of aromatic nitrogens is 3. The van der Waals surface area contributed by atoms with Gasteiger partial charge < -0.3 is 25.3 Å². The number of aliphatic hydroxyl groups is 2. The molecule has 2 fully saturated rings. The van der Waals surface area contributed by atoms with Crippen molar-refractivity contribution in [2.24, 2.45) is 5.92 Å². The topological polar surface area (TPSA) is 127 Å². The van der Waals surface area contributed by atoms with Gasteiger partial charge in [0.05, 0.1) is 24.6 Å². The fraction of sp³-hybridized carbons (Fsp3) is 0.368. The number of aryl methyl sites for hydroxylation is 1. The second kappa shape index (κ2) is 13.6. The number of fused-ring (bicyclic) bond motifs is 1. The molecule has 0 radical (unpaired) electrons. The number of anilines is 3. The molecule has 1 aromatic heterocycles. The number of carbonyl (C=O) groups excluding carboxylic acids is 2. The fourth-order valence-corrected chi connectivity index (χ4v) is 7.55. The largest absolute Gasteiger partial charge is 0.396 e. The van der Waals surface area contributed by atoms with Gasteiger partial charge in [-0.1, -0.05) is 72.8 Å². The average Bonchev–Trinajstić information content (AvgIpc) is 3.76. The highest BCUT2D eigenvalue weighted by Gasteiger charge is 2.54. The average molecular weight is 662 g/mol. The zero-order chi connectivity index (χ0) is 34.0. The van der Waals surface area contributed by atoms with Crippen LogP contribution in [0.2, 0.25) is 0 Å². The van der Waals surface area contributed by atoms with Crippen LogP contribution in [-0.4, -0.2) is 68.9 Å². The summed E-state index contributed by atoms with van der Waals surface area (Å²) < 4.78 is 1.72. The summed E-state index contributed by atoms with van der Waals surface area (Å²) in [7, 11) is 0. The lowest BCUT2D eigenvalue weighted by molar-refractivity contribution is -0.139. The first-order chi connectivity index (χ1) is 23.8. The van der Waals surface area contributed by atoms with Crippen molar-refractivity contribution in [3.05, 3.63) is 114 Å².